The van der Waals surface area contributed by atoms with Crippen molar-refractivity contribution in [1.29, 1.82) is 0 Å². The molecule has 0 radical (unpaired) electrons. The van der Waals surface area contributed by atoms with Gasteiger partial charge in [0, 0.05) is 12.7 Å². The Morgan fingerprint density at radius 2 is 1.87 bits per heavy atom. The minimum Gasteiger partial charge on any atom is -0.479 e. The Hall–Kier alpha value is -2.77. The van der Waals surface area contributed by atoms with E-state index >= 15 is 0 Å². The fraction of sp³-hybridized carbons (Fsp3) is 0.400. The Balaban J connectivity index is 2.93. The lowest BCUT2D eigenvalue weighted by molar-refractivity contribution is -0.139. The van der Waals surface area contributed by atoms with E-state index in [1.54, 1.807) is 32.9 Å². The molecule has 23 heavy (non-hydrogen) atoms. The van der Waals surface area contributed by atoms with Crippen LogP contribution in [0.15, 0.2) is 24.3 Å². The molecule has 8 nitrogen and oxygen atoms in total. The first-order chi connectivity index (χ1) is 10.6. The van der Waals surface area contributed by atoms with Gasteiger partial charge in [0.05, 0.1) is 0 Å². The zero-order chi connectivity index (χ0) is 17.6. The van der Waals surface area contributed by atoms with Crippen molar-refractivity contribution in [3.05, 3.63) is 29.8 Å². The lowest BCUT2D eigenvalue weighted by Gasteiger charge is -2.22. The molecule has 1 rings (SSSR count). The highest BCUT2D eigenvalue weighted by Gasteiger charge is 2.25. The number of carbonyl (C=O) groups excluding carboxylic acids is 2. The van der Waals surface area contributed by atoms with Gasteiger partial charge in [0.2, 0.25) is 0 Å². The van der Waals surface area contributed by atoms with Crippen molar-refractivity contribution < 1.29 is 24.2 Å². The topological polar surface area (TPSA) is 117 Å². The highest BCUT2D eigenvalue weighted by molar-refractivity contribution is 5.89. The summed E-state index contributed by atoms with van der Waals surface area (Å²) in [6.07, 6.45) is -0.838. The van der Waals surface area contributed by atoms with Gasteiger partial charge in [-0.1, -0.05) is 12.1 Å². The molecule has 1 aromatic rings. The van der Waals surface area contributed by atoms with Gasteiger partial charge in [0.25, 0.3) is 0 Å². The smallest absolute Gasteiger partial charge is 0.408 e. The molecule has 0 saturated heterocycles. The van der Waals surface area contributed by atoms with E-state index in [4.69, 9.17) is 4.74 Å². The maximum atomic E-state index is 11.8. The molecular weight excluding hydrogens is 302 g/mol. The van der Waals surface area contributed by atoms with Gasteiger partial charge in [-0.15, -0.1) is 0 Å². The minimum absolute atomic E-state index is 0.303. The van der Waals surface area contributed by atoms with Crippen LogP contribution in [0.2, 0.25) is 0 Å². The quantitative estimate of drug-likeness (QED) is 0.677. The summed E-state index contributed by atoms with van der Waals surface area (Å²) in [7, 11) is 1.46. The van der Waals surface area contributed by atoms with Gasteiger partial charge in [-0.2, -0.15) is 0 Å². The lowest BCUT2D eigenvalue weighted by atomic mass is 10.1. The second-order valence-electron chi connectivity index (χ2n) is 5.75. The highest BCUT2D eigenvalue weighted by Crippen LogP contribution is 2.19. The van der Waals surface area contributed by atoms with Crippen LogP contribution in [-0.4, -0.2) is 35.8 Å². The third-order valence-electron chi connectivity index (χ3n) is 2.61. The van der Waals surface area contributed by atoms with Crippen LogP contribution in [-0.2, 0) is 9.53 Å². The summed E-state index contributed by atoms with van der Waals surface area (Å²) in [5.74, 6) is -1.24. The van der Waals surface area contributed by atoms with E-state index in [0.29, 0.717) is 11.3 Å². The number of alkyl carbamates (subject to hydrolysis) is 1. The molecule has 0 aromatic heterocycles. The van der Waals surface area contributed by atoms with E-state index < -0.39 is 29.7 Å². The molecule has 0 bridgehead atoms. The van der Waals surface area contributed by atoms with Gasteiger partial charge in [0.15, 0.2) is 6.04 Å². The van der Waals surface area contributed by atoms with E-state index in [1.807, 2.05) is 0 Å². The summed E-state index contributed by atoms with van der Waals surface area (Å²) >= 11 is 0. The maximum Gasteiger partial charge on any atom is 0.408 e. The number of carboxylic acids is 1. The number of benzene rings is 1. The molecule has 0 aliphatic carbocycles. The van der Waals surface area contributed by atoms with Gasteiger partial charge in [0.1, 0.15) is 5.60 Å². The molecule has 0 aliphatic rings. The van der Waals surface area contributed by atoms with Crippen LogP contribution in [0, 0.1) is 0 Å². The van der Waals surface area contributed by atoms with Crippen molar-refractivity contribution in [2.45, 2.75) is 32.4 Å². The molecule has 1 atom stereocenters. The predicted octanol–water partition coefficient (Wildman–Crippen LogP) is 2.09. The lowest BCUT2D eigenvalue weighted by Crippen LogP contribution is -2.38. The Morgan fingerprint density at radius 3 is 2.39 bits per heavy atom. The van der Waals surface area contributed by atoms with Crippen LogP contribution in [0.4, 0.5) is 15.3 Å². The third kappa shape index (κ3) is 6.25. The molecule has 0 saturated carbocycles. The zero-order valence-corrected chi connectivity index (χ0v) is 13.5. The fourth-order valence-electron chi connectivity index (χ4n) is 1.70. The van der Waals surface area contributed by atoms with Crippen LogP contribution < -0.4 is 16.0 Å². The summed E-state index contributed by atoms with van der Waals surface area (Å²) in [4.78, 5) is 34.5. The first-order valence-corrected chi connectivity index (χ1v) is 6.93. The number of nitrogens with one attached hydrogen (secondary N) is 3. The zero-order valence-electron chi connectivity index (χ0n) is 13.5. The molecule has 3 amide bonds. The molecule has 126 valence electrons. The molecule has 8 heteroatoms. The number of amides is 3. The fourth-order valence-corrected chi connectivity index (χ4v) is 1.70. The molecule has 0 heterocycles. The number of rotatable bonds is 4. The van der Waals surface area contributed by atoms with Crippen LogP contribution in [0.3, 0.4) is 0 Å². The number of anilines is 1. The van der Waals surface area contributed by atoms with Crippen molar-refractivity contribution in [3.63, 3.8) is 0 Å². The van der Waals surface area contributed by atoms with E-state index in [2.05, 4.69) is 16.0 Å². The summed E-state index contributed by atoms with van der Waals surface area (Å²) in [5.41, 5.74) is -0.0354. The molecule has 0 fully saturated rings. The average molecular weight is 323 g/mol. The number of carboxylic acid groups (broad SMARTS) is 1. The van der Waals surface area contributed by atoms with Gasteiger partial charge in [-0.05, 0) is 38.5 Å². The van der Waals surface area contributed by atoms with Crippen LogP contribution in [0.25, 0.3) is 0 Å². The second-order valence-corrected chi connectivity index (χ2v) is 5.75. The normalized spacial score (nSPS) is 12.0. The number of ether oxygens (including phenoxy) is 1. The standard InChI is InChI=1S/C15H21N3O5/c1-15(2,3)23-14(22)18-11(12(19)20)9-6-5-7-10(8-9)17-13(21)16-4/h5-8,11H,1-4H3,(H,18,22)(H,19,20)(H2,16,17,21)/t11-/m1/s1. The van der Waals surface area contributed by atoms with Crippen LogP contribution in [0.1, 0.15) is 32.4 Å². The first-order valence-electron chi connectivity index (χ1n) is 6.93. The largest absolute Gasteiger partial charge is 0.479 e. The predicted molar refractivity (Wildman–Crippen MR) is 84.3 cm³/mol. The number of hydrogen-bond acceptors (Lipinski definition) is 4. The second kappa shape index (κ2) is 7.48. The minimum atomic E-state index is -1.30. The van der Waals surface area contributed by atoms with E-state index in [0.717, 1.165) is 0 Å². The van der Waals surface area contributed by atoms with Crippen molar-refractivity contribution in [2.75, 3.05) is 12.4 Å². The SMILES string of the molecule is CNC(=O)Nc1cccc([C@@H](NC(=O)OC(C)(C)C)C(=O)O)c1. The molecule has 4 N–H and O–H groups in total. The Morgan fingerprint density at radius 1 is 1.22 bits per heavy atom. The van der Waals surface area contributed by atoms with E-state index in [9.17, 15) is 19.5 Å². The molecule has 0 unspecified atom stereocenters. The number of urea groups is 1. The molecule has 0 aliphatic heterocycles. The number of carbonyl (C=O) groups is 3. The van der Waals surface area contributed by atoms with Gasteiger partial charge >= 0.3 is 18.1 Å². The Bertz CT molecular complexity index is 595. The van der Waals surface area contributed by atoms with Crippen molar-refractivity contribution in [3.8, 4) is 0 Å². The highest BCUT2D eigenvalue weighted by atomic mass is 16.6. The third-order valence-corrected chi connectivity index (χ3v) is 2.61. The van der Waals surface area contributed by atoms with Gasteiger partial charge < -0.3 is 25.8 Å². The molecule has 1 aromatic carbocycles. The maximum absolute atomic E-state index is 11.8. The van der Waals surface area contributed by atoms with E-state index in [-0.39, 0.29) is 0 Å². The van der Waals surface area contributed by atoms with Crippen molar-refractivity contribution in [1.82, 2.24) is 10.6 Å². The summed E-state index contributed by atoms with van der Waals surface area (Å²) in [6.45, 7) is 5.03. The van der Waals surface area contributed by atoms with Crippen molar-refractivity contribution in [2.24, 2.45) is 0 Å². The monoisotopic (exact) mass is 323 g/mol. The van der Waals surface area contributed by atoms with E-state index in [1.165, 1.54) is 19.2 Å². The van der Waals surface area contributed by atoms with Gasteiger partial charge in [-0.3, -0.25) is 0 Å². The number of aliphatic carboxylic acids is 1. The summed E-state index contributed by atoms with van der Waals surface area (Å²) in [5, 5.41) is 16.5. The average Bonchev–Trinajstić information content (AvgIpc) is 2.42. The Kier molecular flexibility index (Phi) is 5.94. The Labute approximate surface area is 134 Å². The van der Waals surface area contributed by atoms with Crippen LogP contribution in [0.5, 0.6) is 0 Å². The molecular formula is C15H21N3O5. The summed E-state index contributed by atoms with van der Waals surface area (Å²) < 4.78 is 5.06. The molecule has 0 spiro atoms. The number of hydrogen-bond donors (Lipinski definition) is 4. The van der Waals surface area contributed by atoms with Gasteiger partial charge in [-0.25, -0.2) is 14.4 Å². The first kappa shape index (κ1) is 18.3. The van der Waals surface area contributed by atoms with Crippen molar-refractivity contribution >= 4 is 23.8 Å². The summed E-state index contributed by atoms with van der Waals surface area (Å²) in [6, 6.07) is 4.44. The van der Waals surface area contributed by atoms with Crippen LogP contribution >= 0.6 is 0 Å².